The Morgan fingerprint density at radius 3 is 2.85 bits per heavy atom. The van der Waals surface area contributed by atoms with Gasteiger partial charge in [0.15, 0.2) is 11.6 Å². The molecule has 2 aromatic heterocycles. The van der Waals surface area contributed by atoms with Crippen LogP contribution in [0.2, 0.25) is 10.3 Å². The quantitative estimate of drug-likeness (QED) is 0.645. The van der Waals surface area contributed by atoms with E-state index in [0.717, 1.165) is 29.4 Å². The van der Waals surface area contributed by atoms with Crippen LogP contribution in [-0.2, 0) is 0 Å². The van der Waals surface area contributed by atoms with Crippen LogP contribution < -0.4 is 15.6 Å². The number of aromatic nitrogens is 3. The molecule has 4 rings (SSSR count). The van der Waals surface area contributed by atoms with Crippen LogP contribution in [0.3, 0.4) is 0 Å². The Bertz CT molecular complexity index is 1050. The fourth-order valence-electron chi connectivity index (χ4n) is 2.92. The molecule has 8 heteroatoms. The van der Waals surface area contributed by atoms with E-state index >= 15 is 0 Å². The van der Waals surface area contributed by atoms with Gasteiger partial charge in [0.1, 0.15) is 5.02 Å². The molecule has 2 heterocycles. The summed E-state index contributed by atoms with van der Waals surface area (Å²) in [7, 11) is 0. The number of ether oxygens (including phenoxy) is 1. The Hall–Kier alpha value is -2.31. The number of rotatable bonds is 5. The van der Waals surface area contributed by atoms with Gasteiger partial charge >= 0.3 is 0 Å². The summed E-state index contributed by atoms with van der Waals surface area (Å²) in [6.45, 7) is 2.31. The summed E-state index contributed by atoms with van der Waals surface area (Å²) in [4.78, 5) is 20.6. The normalized spacial score (nSPS) is 13.8. The van der Waals surface area contributed by atoms with Crippen molar-refractivity contribution in [3.05, 3.63) is 51.1 Å². The van der Waals surface area contributed by atoms with Crippen molar-refractivity contribution in [3.63, 3.8) is 0 Å². The van der Waals surface area contributed by atoms with E-state index < -0.39 is 0 Å². The molecular formula is C18H16Cl2N4O2. The molecule has 134 valence electrons. The van der Waals surface area contributed by atoms with Gasteiger partial charge in [-0.15, -0.1) is 0 Å². The van der Waals surface area contributed by atoms with E-state index in [1.165, 1.54) is 6.20 Å². The molecule has 26 heavy (non-hydrogen) atoms. The maximum absolute atomic E-state index is 12.7. The lowest BCUT2D eigenvalue weighted by molar-refractivity contribution is 0.333. The Balaban J connectivity index is 1.80. The highest BCUT2D eigenvalue weighted by Gasteiger charge is 2.27. The Labute approximate surface area is 159 Å². The number of hydrogen-bond acceptors (Lipinski definition) is 5. The zero-order valence-corrected chi connectivity index (χ0v) is 15.5. The van der Waals surface area contributed by atoms with Gasteiger partial charge in [-0.3, -0.25) is 4.79 Å². The molecule has 3 aromatic rings. The van der Waals surface area contributed by atoms with Gasteiger partial charge in [0.25, 0.3) is 5.56 Å². The van der Waals surface area contributed by atoms with Crippen molar-refractivity contribution in [2.75, 3.05) is 11.9 Å². The fourth-order valence-corrected chi connectivity index (χ4v) is 3.19. The molecule has 1 aromatic carbocycles. The van der Waals surface area contributed by atoms with Crippen LogP contribution in [0.25, 0.3) is 10.9 Å². The highest BCUT2D eigenvalue weighted by molar-refractivity contribution is 6.33. The largest absolute Gasteiger partial charge is 0.488 e. The minimum atomic E-state index is -0.0758. The number of fused-ring (bicyclic) bond motifs is 1. The second kappa shape index (κ2) is 6.78. The second-order valence-electron chi connectivity index (χ2n) is 6.08. The van der Waals surface area contributed by atoms with Crippen LogP contribution in [0.15, 0.2) is 35.3 Å². The monoisotopic (exact) mass is 390 g/mol. The third kappa shape index (κ3) is 3.22. The summed E-state index contributed by atoms with van der Waals surface area (Å²) in [6.07, 6.45) is 3.47. The van der Waals surface area contributed by atoms with Gasteiger partial charge in [-0.1, -0.05) is 11.6 Å². The molecule has 0 unspecified atom stereocenters. The third-order valence-electron chi connectivity index (χ3n) is 4.19. The van der Waals surface area contributed by atoms with Gasteiger partial charge in [0.05, 0.1) is 18.3 Å². The number of halogens is 2. The third-order valence-corrected chi connectivity index (χ3v) is 4.65. The Morgan fingerprint density at radius 2 is 2.12 bits per heavy atom. The van der Waals surface area contributed by atoms with Crippen LogP contribution in [0.5, 0.6) is 5.75 Å². The fraction of sp³-hybridized carbons (Fsp3) is 0.278. The number of pyridine rings is 1. The van der Waals surface area contributed by atoms with Crippen LogP contribution in [-0.4, -0.2) is 21.1 Å². The second-order valence-corrected chi connectivity index (χ2v) is 6.83. The highest BCUT2D eigenvalue weighted by atomic mass is 35.5. The summed E-state index contributed by atoms with van der Waals surface area (Å²) in [5.74, 6) is 0.790. The SMILES string of the molecule is CCOc1cc2cc(Nc3nc(Cl)ncc3Cl)ccc2n(C2CC2)c1=O. The number of nitrogens with zero attached hydrogens (tertiary/aromatic N) is 3. The van der Waals surface area contributed by atoms with E-state index in [9.17, 15) is 4.79 Å². The first kappa shape index (κ1) is 17.1. The minimum Gasteiger partial charge on any atom is -0.488 e. The molecule has 1 saturated carbocycles. The van der Waals surface area contributed by atoms with Crippen molar-refractivity contribution in [1.82, 2.24) is 14.5 Å². The summed E-state index contributed by atoms with van der Waals surface area (Å²) in [5, 5.41) is 4.52. The zero-order chi connectivity index (χ0) is 18.3. The van der Waals surface area contributed by atoms with Crippen molar-refractivity contribution < 1.29 is 4.74 Å². The van der Waals surface area contributed by atoms with E-state index in [1.807, 2.05) is 29.7 Å². The minimum absolute atomic E-state index is 0.0758. The summed E-state index contributed by atoms with van der Waals surface area (Å²) >= 11 is 12.0. The number of nitrogens with one attached hydrogen (secondary N) is 1. The zero-order valence-electron chi connectivity index (χ0n) is 14.0. The van der Waals surface area contributed by atoms with Crippen molar-refractivity contribution in [3.8, 4) is 5.75 Å². The van der Waals surface area contributed by atoms with Gasteiger partial charge in [0, 0.05) is 17.1 Å². The van der Waals surface area contributed by atoms with Crippen molar-refractivity contribution in [1.29, 1.82) is 0 Å². The molecule has 0 atom stereocenters. The standard InChI is InChI=1S/C18H16Cl2N4O2/c1-2-26-15-8-10-7-11(22-16-13(19)9-21-18(20)23-16)3-6-14(10)24(17(15)25)12-4-5-12/h3,6-9,12H,2,4-5H2,1H3,(H,21,22,23). The number of anilines is 2. The van der Waals surface area contributed by atoms with Gasteiger partial charge in [-0.2, -0.15) is 4.98 Å². The lowest BCUT2D eigenvalue weighted by atomic mass is 10.1. The van der Waals surface area contributed by atoms with Crippen molar-refractivity contribution in [2.24, 2.45) is 0 Å². The molecule has 1 aliphatic rings. The molecule has 1 N–H and O–H groups in total. The van der Waals surface area contributed by atoms with Crippen LogP contribution >= 0.6 is 23.2 Å². The average molecular weight is 391 g/mol. The predicted molar refractivity (Wildman–Crippen MR) is 103 cm³/mol. The highest BCUT2D eigenvalue weighted by Crippen LogP contribution is 2.37. The van der Waals surface area contributed by atoms with Crippen LogP contribution in [0.1, 0.15) is 25.8 Å². The maximum atomic E-state index is 12.7. The topological polar surface area (TPSA) is 69.0 Å². The number of hydrogen-bond donors (Lipinski definition) is 1. The van der Waals surface area contributed by atoms with Crippen molar-refractivity contribution >= 4 is 45.6 Å². The molecule has 6 nitrogen and oxygen atoms in total. The van der Waals surface area contributed by atoms with Gasteiger partial charge < -0.3 is 14.6 Å². The van der Waals surface area contributed by atoms with E-state index in [0.29, 0.717) is 23.2 Å². The molecule has 0 saturated heterocycles. The first-order valence-corrected chi connectivity index (χ1v) is 9.09. The summed E-state index contributed by atoms with van der Waals surface area (Å²) < 4.78 is 7.38. The first-order valence-electron chi connectivity index (χ1n) is 8.34. The summed E-state index contributed by atoms with van der Waals surface area (Å²) in [6, 6.07) is 7.76. The number of benzene rings is 1. The van der Waals surface area contributed by atoms with Gasteiger partial charge in [-0.25, -0.2) is 4.98 Å². The molecular weight excluding hydrogens is 375 g/mol. The molecule has 0 amide bonds. The van der Waals surface area contributed by atoms with E-state index in [1.54, 1.807) is 6.07 Å². The van der Waals surface area contributed by atoms with E-state index in [4.69, 9.17) is 27.9 Å². The van der Waals surface area contributed by atoms with Crippen LogP contribution in [0.4, 0.5) is 11.5 Å². The molecule has 0 radical (unpaired) electrons. The Morgan fingerprint density at radius 1 is 1.31 bits per heavy atom. The lowest BCUT2D eigenvalue weighted by Crippen LogP contribution is -2.21. The molecule has 0 spiro atoms. The molecule has 1 fully saturated rings. The molecule has 0 aliphatic heterocycles. The van der Waals surface area contributed by atoms with Crippen LogP contribution in [0, 0.1) is 0 Å². The summed E-state index contributed by atoms with van der Waals surface area (Å²) in [5.41, 5.74) is 1.59. The van der Waals surface area contributed by atoms with Gasteiger partial charge in [-0.05, 0) is 55.6 Å². The van der Waals surface area contributed by atoms with E-state index in [2.05, 4.69) is 15.3 Å². The Kier molecular flexibility index (Phi) is 4.46. The van der Waals surface area contributed by atoms with E-state index in [-0.39, 0.29) is 16.9 Å². The first-order chi connectivity index (χ1) is 12.6. The van der Waals surface area contributed by atoms with Crippen molar-refractivity contribution in [2.45, 2.75) is 25.8 Å². The lowest BCUT2D eigenvalue weighted by Gasteiger charge is -2.14. The molecule has 0 bridgehead atoms. The predicted octanol–water partition coefficient (Wildman–Crippen LogP) is 4.58. The maximum Gasteiger partial charge on any atom is 0.293 e. The average Bonchev–Trinajstić information content (AvgIpc) is 3.44. The smallest absolute Gasteiger partial charge is 0.293 e. The van der Waals surface area contributed by atoms with Gasteiger partial charge in [0.2, 0.25) is 5.28 Å². The molecule has 1 aliphatic carbocycles.